The minimum absolute atomic E-state index is 0.0360. The van der Waals surface area contributed by atoms with Crippen molar-refractivity contribution in [1.29, 1.82) is 0 Å². The average Bonchev–Trinajstić information content (AvgIpc) is 2.92. The van der Waals surface area contributed by atoms with Gasteiger partial charge in [-0.2, -0.15) is 0 Å². The van der Waals surface area contributed by atoms with Crippen LogP contribution in [0.1, 0.15) is 37.0 Å². The molecule has 2 atom stereocenters. The Morgan fingerprint density at radius 1 is 0.889 bits per heavy atom. The van der Waals surface area contributed by atoms with Gasteiger partial charge in [-0.1, -0.05) is 79.7 Å². The van der Waals surface area contributed by atoms with Gasteiger partial charge in [-0.05, 0) is 42.2 Å². The number of hydrogen-bond acceptors (Lipinski definition) is 4. The Hall–Kier alpha value is -3.25. The minimum atomic E-state index is -0.601. The monoisotopic (exact) mass is 504 g/mol. The number of nitrogens with zero attached hydrogens (tertiary/aromatic N) is 1. The van der Waals surface area contributed by atoms with Crippen LogP contribution in [-0.2, 0) is 28.3 Å². The molecule has 0 fully saturated rings. The molecule has 3 rings (SSSR count). The summed E-state index contributed by atoms with van der Waals surface area (Å²) in [6.45, 7) is 4.42. The van der Waals surface area contributed by atoms with Crippen LogP contribution in [0, 0.1) is 0 Å². The fourth-order valence-electron chi connectivity index (χ4n) is 3.84. The van der Waals surface area contributed by atoms with E-state index in [2.05, 4.69) is 5.32 Å². The largest absolute Gasteiger partial charge is 0.497 e. The summed E-state index contributed by atoms with van der Waals surface area (Å²) in [4.78, 5) is 28.9. The molecule has 0 unspecified atom stereocenters. The lowest BCUT2D eigenvalue weighted by atomic mass is 10.0. The first kappa shape index (κ1) is 27.3. The second kappa shape index (κ2) is 14.3. The zero-order valence-corrected chi connectivity index (χ0v) is 22.2. The summed E-state index contributed by atoms with van der Waals surface area (Å²) in [5.41, 5.74) is 3.15. The van der Waals surface area contributed by atoms with Gasteiger partial charge in [0.25, 0.3) is 0 Å². The first-order valence-electron chi connectivity index (χ1n) is 12.4. The normalized spacial score (nSPS) is 12.4. The molecule has 0 aliphatic carbocycles. The van der Waals surface area contributed by atoms with Crippen molar-refractivity contribution in [3.05, 3.63) is 102 Å². The number of rotatable bonds is 13. The first-order valence-corrected chi connectivity index (χ1v) is 13.5. The van der Waals surface area contributed by atoms with Crippen molar-refractivity contribution < 1.29 is 14.3 Å². The fourth-order valence-corrected chi connectivity index (χ4v) is 4.71. The van der Waals surface area contributed by atoms with Crippen LogP contribution in [0.3, 0.4) is 0 Å². The number of nitrogens with one attached hydrogen (secondary N) is 1. The van der Waals surface area contributed by atoms with Crippen molar-refractivity contribution in [1.82, 2.24) is 10.2 Å². The average molecular weight is 505 g/mol. The number of benzene rings is 3. The lowest BCUT2D eigenvalue weighted by Gasteiger charge is -2.32. The Morgan fingerprint density at radius 3 is 2.08 bits per heavy atom. The fraction of sp³-hybridized carbons (Fsp3) is 0.333. The molecule has 0 aliphatic rings. The van der Waals surface area contributed by atoms with Crippen LogP contribution in [0.15, 0.2) is 84.9 Å². The third-order valence-corrected chi connectivity index (χ3v) is 7.11. The van der Waals surface area contributed by atoms with Gasteiger partial charge in [-0.3, -0.25) is 9.59 Å². The highest BCUT2D eigenvalue weighted by molar-refractivity contribution is 7.99. The molecule has 36 heavy (non-hydrogen) atoms. The summed E-state index contributed by atoms with van der Waals surface area (Å²) in [6, 6.07) is 27.1. The van der Waals surface area contributed by atoms with E-state index in [4.69, 9.17) is 4.74 Å². The van der Waals surface area contributed by atoms with Crippen molar-refractivity contribution in [2.24, 2.45) is 0 Å². The van der Waals surface area contributed by atoms with E-state index < -0.39 is 6.04 Å². The first-order chi connectivity index (χ1) is 17.5. The number of thioether (sulfide) groups is 1. The van der Waals surface area contributed by atoms with Gasteiger partial charge in [0.15, 0.2) is 0 Å². The van der Waals surface area contributed by atoms with E-state index in [1.54, 1.807) is 23.8 Å². The zero-order valence-electron chi connectivity index (χ0n) is 21.4. The number of amides is 2. The van der Waals surface area contributed by atoms with E-state index in [1.807, 2.05) is 98.8 Å². The van der Waals surface area contributed by atoms with Gasteiger partial charge in [0.1, 0.15) is 11.8 Å². The summed E-state index contributed by atoms with van der Waals surface area (Å²) in [7, 11) is 1.65. The quantitative estimate of drug-likeness (QED) is 0.335. The van der Waals surface area contributed by atoms with Gasteiger partial charge in [0.05, 0.1) is 12.9 Å². The smallest absolute Gasteiger partial charge is 0.243 e. The minimum Gasteiger partial charge on any atom is -0.497 e. The van der Waals surface area contributed by atoms with E-state index in [9.17, 15) is 9.59 Å². The highest BCUT2D eigenvalue weighted by Crippen LogP contribution is 2.20. The van der Waals surface area contributed by atoms with Crippen molar-refractivity contribution in [3.8, 4) is 5.75 Å². The summed E-state index contributed by atoms with van der Waals surface area (Å²) >= 11 is 1.56. The van der Waals surface area contributed by atoms with Gasteiger partial charge < -0.3 is 15.0 Å². The molecule has 0 spiro atoms. The van der Waals surface area contributed by atoms with Crippen molar-refractivity contribution in [2.75, 3.05) is 12.9 Å². The summed E-state index contributed by atoms with van der Waals surface area (Å²) < 4.78 is 5.23. The molecule has 6 heteroatoms. The Bertz CT molecular complexity index is 1070. The van der Waals surface area contributed by atoms with Crippen molar-refractivity contribution in [2.45, 2.75) is 51.1 Å². The maximum Gasteiger partial charge on any atom is 0.243 e. The zero-order chi connectivity index (χ0) is 25.8. The Balaban J connectivity index is 1.80. The molecule has 0 heterocycles. The molecule has 3 aromatic carbocycles. The molecule has 190 valence electrons. The Morgan fingerprint density at radius 2 is 1.50 bits per heavy atom. The molecule has 0 saturated heterocycles. The highest BCUT2D eigenvalue weighted by atomic mass is 32.2. The molecule has 1 N–H and O–H groups in total. The lowest BCUT2D eigenvalue weighted by Crippen LogP contribution is -2.52. The molecule has 0 radical (unpaired) electrons. The van der Waals surface area contributed by atoms with Gasteiger partial charge in [-0.15, -0.1) is 11.8 Å². The Kier molecular flexibility index (Phi) is 10.9. The number of methoxy groups -OCH3 is 1. The van der Waals surface area contributed by atoms with E-state index in [1.165, 1.54) is 0 Å². The maximum absolute atomic E-state index is 13.6. The Labute approximate surface area is 219 Å². The van der Waals surface area contributed by atoms with Gasteiger partial charge in [-0.25, -0.2) is 0 Å². The van der Waals surface area contributed by atoms with Crippen molar-refractivity contribution >= 4 is 23.6 Å². The van der Waals surface area contributed by atoms with Crippen LogP contribution in [0.5, 0.6) is 5.75 Å². The van der Waals surface area contributed by atoms with Gasteiger partial charge >= 0.3 is 0 Å². The van der Waals surface area contributed by atoms with E-state index in [0.717, 1.165) is 28.9 Å². The summed E-state index contributed by atoms with van der Waals surface area (Å²) in [5, 5.41) is 3.11. The third kappa shape index (κ3) is 8.45. The van der Waals surface area contributed by atoms with Crippen LogP contribution in [-0.4, -0.2) is 41.7 Å². The molecular formula is C30H36N2O3S. The van der Waals surface area contributed by atoms with Crippen molar-refractivity contribution in [3.63, 3.8) is 0 Å². The van der Waals surface area contributed by atoms with Crippen LogP contribution in [0.4, 0.5) is 0 Å². The van der Waals surface area contributed by atoms with E-state index in [0.29, 0.717) is 24.5 Å². The summed E-state index contributed by atoms with van der Waals surface area (Å²) in [5.74, 6) is 1.65. The van der Waals surface area contributed by atoms with Gasteiger partial charge in [0.2, 0.25) is 11.8 Å². The second-order valence-corrected chi connectivity index (χ2v) is 9.86. The number of hydrogen-bond donors (Lipinski definition) is 1. The molecule has 3 aromatic rings. The van der Waals surface area contributed by atoms with E-state index >= 15 is 0 Å². The van der Waals surface area contributed by atoms with Crippen LogP contribution in [0.25, 0.3) is 0 Å². The third-order valence-electron chi connectivity index (χ3n) is 6.12. The SMILES string of the molecule is CC[C@H](C)NC(=O)[C@@H](Cc1ccccc1)N(Cc1ccccc1)C(=O)CSCc1ccc(OC)cc1. The number of ether oxygens (including phenoxy) is 1. The predicted octanol–water partition coefficient (Wildman–Crippen LogP) is 5.48. The number of carbonyl (C=O) groups is 2. The molecule has 2 amide bonds. The lowest BCUT2D eigenvalue weighted by molar-refractivity contribution is -0.139. The molecule has 0 aliphatic heterocycles. The van der Waals surface area contributed by atoms with Crippen LogP contribution >= 0.6 is 11.8 Å². The topological polar surface area (TPSA) is 58.6 Å². The van der Waals surface area contributed by atoms with Crippen LogP contribution in [0.2, 0.25) is 0 Å². The molecule has 0 saturated carbocycles. The standard InChI is InChI=1S/C30H36N2O3S/c1-4-23(2)31-30(34)28(19-24-11-7-5-8-12-24)32(20-25-13-9-6-10-14-25)29(33)22-36-21-26-15-17-27(35-3)18-16-26/h5-18,23,28H,4,19-22H2,1-3H3,(H,31,34)/t23-,28+/m0/s1. The predicted molar refractivity (Wildman–Crippen MR) is 148 cm³/mol. The number of carbonyl (C=O) groups excluding carboxylic acids is 2. The van der Waals surface area contributed by atoms with Crippen LogP contribution < -0.4 is 10.1 Å². The maximum atomic E-state index is 13.6. The molecular weight excluding hydrogens is 468 g/mol. The van der Waals surface area contributed by atoms with Gasteiger partial charge in [0, 0.05) is 24.8 Å². The second-order valence-electron chi connectivity index (χ2n) is 8.87. The molecule has 0 bridgehead atoms. The molecule has 0 aromatic heterocycles. The van der Waals surface area contributed by atoms with E-state index in [-0.39, 0.29) is 17.9 Å². The highest BCUT2D eigenvalue weighted by Gasteiger charge is 2.30. The summed E-state index contributed by atoms with van der Waals surface area (Å²) in [6.07, 6.45) is 1.29. The molecule has 5 nitrogen and oxygen atoms in total.